The number of carbonyl (C=O) groups is 2. The van der Waals surface area contributed by atoms with Gasteiger partial charge in [0.25, 0.3) is 0 Å². The molecule has 7 heteroatoms. The van der Waals surface area contributed by atoms with Crippen molar-refractivity contribution in [2.75, 3.05) is 30.8 Å². The standard InChI is InChI=1S/C14H22N4O2.ClH/c1-3-16-14(20)18-12-7-4-6-11(10-12)17-13(19)8-5-9-15-2;/h4,6-7,10,15H,3,5,8-9H2,1-2H3,(H,17,19)(H2,16,18,20);1H. The first kappa shape index (κ1) is 19.2. The van der Waals surface area contributed by atoms with Gasteiger partial charge in [-0.1, -0.05) is 6.07 Å². The second-order valence-electron chi connectivity index (χ2n) is 4.32. The molecule has 1 aromatic carbocycles. The van der Waals surface area contributed by atoms with Gasteiger partial charge >= 0.3 is 6.03 Å². The molecule has 0 unspecified atom stereocenters. The summed E-state index contributed by atoms with van der Waals surface area (Å²) in [6, 6.07) is 6.81. The monoisotopic (exact) mass is 314 g/mol. The first-order chi connectivity index (χ1) is 9.65. The third kappa shape index (κ3) is 8.16. The van der Waals surface area contributed by atoms with Crippen molar-refractivity contribution in [2.45, 2.75) is 19.8 Å². The molecule has 1 rings (SSSR count). The van der Waals surface area contributed by atoms with Gasteiger partial charge in [-0.3, -0.25) is 4.79 Å². The summed E-state index contributed by atoms with van der Waals surface area (Å²) in [6.45, 7) is 3.22. The molecular formula is C14H23ClN4O2. The molecule has 0 atom stereocenters. The molecule has 0 aromatic heterocycles. The second kappa shape index (κ2) is 10.9. The third-order valence-corrected chi connectivity index (χ3v) is 2.57. The number of carbonyl (C=O) groups excluding carboxylic acids is 2. The summed E-state index contributed by atoms with van der Waals surface area (Å²) in [5.74, 6) is -0.0320. The maximum Gasteiger partial charge on any atom is 0.319 e. The van der Waals surface area contributed by atoms with E-state index < -0.39 is 0 Å². The molecule has 0 fully saturated rings. The molecule has 4 N–H and O–H groups in total. The Labute approximate surface area is 131 Å². The Morgan fingerprint density at radius 2 is 1.81 bits per heavy atom. The summed E-state index contributed by atoms with van der Waals surface area (Å²) in [5.41, 5.74) is 1.32. The highest BCUT2D eigenvalue weighted by Gasteiger charge is 2.04. The second-order valence-corrected chi connectivity index (χ2v) is 4.32. The average Bonchev–Trinajstić information content (AvgIpc) is 2.39. The Balaban J connectivity index is 0.00000400. The van der Waals surface area contributed by atoms with E-state index >= 15 is 0 Å². The van der Waals surface area contributed by atoms with Gasteiger partial charge in [-0.2, -0.15) is 0 Å². The number of nitrogens with one attached hydrogen (secondary N) is 4. The van der Waals surface area contributed by atoms with Gasteiger partial charge in [0.1, 0.15) is 0 Å². The first-order valence-electron chi connectivity index (χ1n) is 6.75. The maximum atomic E-state index is 11.7. The number of amides is 3. The van der Waals surface area contributed by atoms with Gasteiger partial charge in [-0.15, -0.1) is 12.4 Å². The highest BCUT2D eigenvalue weighted by atomic mass is 35.5. The van der Waals surface area contributed by atoms with Crippen LogP contribution in [0.15, 0.2) is 24.3 Å². The van der Waals surface area contributed by atoms with Crippen LogP contribution in [0.4, 0.5) is 16.2 Å². The summed E-state index contributed by atoms with van der Waals surface area (Å²) in [5, 5.41) is 11.1. The number of benzene rings is 1. The Kier molecular flexibility index (Phi) is 10.0. The van der Waals surface area contributed by atoms with Crippen molar-refractivity contribution in [2.24, 2.45) is 0 Å². The van der Waals surface area contributed by atoms with E-state index in [1.54, 1.807) is 24.3 Å². The van der Waals surface area contributed by atoms with Gasteiger partial charge in [-0.25, -0.2) is 4.79 Å². The van der Waals surface area contributed by atoms with Crippen LogP contribution in [0.5, 0.6) is 0 Å². The number of urea groups is 1. The quantitative estimate of drug-likeness (QED) is 0.582. The molecular weight excluding hydrogens is 292 g/mol. The lowest BCUT2D eigenvalue weighted by atomic mass is 10.2. The van der Waals surface area contributed by atoms with Crippen LogP contribution < -0.4 is 21.3 Å². The Bertz CT molecular complexity index is 454. The van der Waals surface area contributed by atoms with Crippen molar-refractivity contribution in [3.63, 3.8) is 0 Å². The summed E-state index contributed by atoms with van der Waals surface area (Å²) in [6.07, 6.45) is 1.26. The lowest BCUT2D eigenvalue weighted by Gasteiger charge is -2.09. The van der Waals surface area contributed by atoms with E-state index in [1.807, 2.05) is 14.0 Å². The van der Waals surface area contributed by atoms with E-state index in [0.29, 0.717) is 24.3 Å². The SMILES string of the molecule is CCNC(=O)Nc1cccc(NC(=O)CCCNC)c1.Cl. The zero-order chi connectivity index (χ0) is 14.8. The van der Waals surface area contributed by atoms with Crippen molar-refractivity contribution in [3.8, 4) is 0 Å². The number of anilines is 2. The van der Waals surface area contributed by atoms with Crippen molar-refractivity contribution < 1.29 is 9.59 Å². The summed E-state index contributed by atoms with van der Waals surface area (Å²) >= 11 is 0. The van der Waals surface area contributed by atoms with Gasteiger partial charge in [0.15, 0.2) is 0 Å². The van der Waals surface area contributed by atoms with Gasteiger partial charge < -0.3 is 21.3 Å². The molecule has 0 aliphatic rings. The lowest BCUT2D eigenvalue weighted by Crippen LogP contribution is -2.28. The van der Waals surface area contributed by atoms with Gasteiger partial charge in [0, 0.05) is 24.3 Å². The van der Waals surface area contributed by atoms with Gasteiger partial charge in [0.2, 0.25) is 5.91 Å². The molecule has 0 saturated heterocycles. The fraction of sp³-hybridized carbons (Fsp3) is 0.429. The third-order valence-electron chi connectivity index (χ3n) is 2.57. The highest BCUT2D eigenvalue weighted by Crippen LogP contribution is 2.15. The fourth-order valence-electron chi connectivity index (χ4n) is 1.66. The molecule has 0 heterocycles. The molecule has 118 valence electrons. The van der Waals surface area contributed by atoms with Crippen molar-refractivity contribution in [1.82, 2.24) is 10.6 Å². The normalized spacial score (nSPS) is 9.43. The number of hydrogen-bond donors (Lipinski definition) is 4. The number of halogens is 1. The molecule has 6 nitrogen and oxygen atoms in total. The maximum absolute atomic E-state index is 11.7. The summed E-state index contributed by atoms with van der Waals surface area (Å²) < 4.78 is 0. The highest BCUT2D eigenvalue weighted by molar-refractivity contribution is 5.93. The fourth-order valence-corrected chi connectivity index (χ4v) is 1.66. The van der Waals surface area contributed by atoms with E-state index in [9.17, 15) is 9.59 Å². The van der Waals surface area contributed by atoms with E-state index in [1.165, 1.54) is 0 Å². The average molecular weight is 315 g/mol. The molecule has 0 spiro atoms. The Morgan fingerprint density at radius 3 is 2.43 bits per heavy atom. The molecule has 3 amide bonds. The van der Waals surface area contributed by atoms with E-state index in [-0.39, 0.29) is 24.3 Å². The molecule has 1 aromatic rings. The van der Waals surface area contributed by atoms with Crippen molar-refractivity contribution in [3.05, 3.63) is 24.3 Å². The van der Waals surface area contributed by atoms with E-state index in [2.05, 4.69) is 21.3 Å². The van der Waals surface area contributed by atoms with Crippen LogP contribution in [0.3, 0.4) is 0 Å². The Morgan fingerprint density at radius 1 is 1.14 bits per heavy atom. The minimum atomic E-state index is -0.259. The van der Waals surface area contributed by atoms with E-state index in [4.69, 9.17) is 0 Å². The predicted octanol–water partition coefficient (Wildman–Crippen LogP) is 2.19. The van der Waals surface area contributed by atoms with Crippen LogP contribution in [-0.4, -0.2) is 32.1 Å². The zero-order valence-electron chi connectivity index (χ0n) is 12.4. The Hall–Kier alpha value is -1.79. The predicted molar refractivity (Wildman–Crippen MR) is 88.2 cm³/mol. The van der Waals surface area contributed by atoms with E-state index in [0.717, 1.165) is 13.0 Å². The van der Waals surface area contributed by atoms with Crippen LogP contribution in [0, 0.1) is 0 Å². The van der Waals surface area contributed by atoms with Crippen molar-refractivity contribution in [1.29, 1.82) is 0 Å². The van der Waals surface area contributed by atoms with Crippen LogP contribution in [0.2, 0.25) is 0 Å². The van der Waals surface area contributed by atoms with Crippen molar-refractivity contribution >= 4 is 35.7 Å². The molecule has 0 radical (unpaired) electrons. The number of hydrogen-bond acceptors (Lipinski definition) is 3. The van der Waals surface area contributed by atoms with Gasteiger partial charge in [-0.05, 0) is 45.1 Å². The topological polar surface area (TPSA) is 82.3 Å². The summed E-state index contributed by atoms with van der Waals surface area (Å²) in [4.78, 5) is 23.1. The molecule has 0 aliphatic carbocycles. The van der Waals surface area contributed by atoms with Crippen LogP contribution in [0.25, 0.3) is 0 Å². The minimum absolute atomic E-state index is 0. The molecule has 0 aliphatic heterocycles. The lowest BCUT2D eigenvalue weighted by molar-refractivity contribution is -0.116. The number of rotatable bonds is 7. The smallest absolute Gasteiger partial charge is 0.319 e. The summed E-state index contributed by atoms with van der Waals surface area (Å²) in [7, 11) is 1.86. The van der Waals surface area contributed by atoms with Crippen LogP contribution in [0.1, 0.15) is 19.8 Å². The van der Waals surface area contributed by atoms with Crippen LogP contribution >= 0.6 is 12.4 Å². The molecule has 21 heavy (non-hydrogen) atoms. The molecule has 0 saturated carbocycles. The zero-order valence-corrected chi connectivity index (χ0v) is 13.2. The molecule has 0 bridgehead atoms. The largest absolute Gasteiger partial charge is 0.338 e. The minimum Gasteiger partial charge on any atom is -0.338 e. The van der Waals surface area contributed by atoms with Gasteiger partial charge in [0.05, 0.1) is 0 Å². The van der Waals surface area contributed by atoms with Crippen LogP contribution in [-0.2, 0) is 4.79 Å². The first-order valence-corrected chi connectivity index (χ1v) is 6.75.